The third kappa shape index (κ3) is 4.63. The molecule has 4 nitrogen and oxygen atoms in total. The Hall–Kier alpha value is -2.23. The van der Waals surface area contributed by atoms with Gasteiger partial charge in [0, 0.05) is 13.1 Å². The highest BCUT2D eigenvalue weighted by Crippen LogP contribution is 2.32. The maximum absolute atomic E-state index is 11.8. The van der Waals surface area contributed by atoms with Gasteiger partial charge in [-0.2, -0.15) is 0 Å². The zero-order chi connectivity index (χ0) is 16.6. The first kappa shape index (κ1) is 16.6. The SMILES string of the molecule is O=C(/C=C/CCCC/C=C\c1ccc2c(c1)OCO2)N1CCCC1. The van der Waals surface area contributed by atoms with Crippen molar-refractivity contribution in [3.63, 3.8) is 0 Å². The lowest BCUT2D eigenvalue weighted by molar-refractivity contribution is -0.125. The van der Waals surface area contributed by atoms with Crippen molar-refractivity contribution in [3.05, 3.63) is 42.0 Å². The van der Waals surface area contributed by atoms with E-state index >= 15 is 0 Å². The van der Waals surface area contributed by atoms with Crippen molar-refractivity contribution in [3.8, 4) is 11.5 Å². The molecule has 24 heavy (non-hydrogen) atoms. The second kappa shape index (κ2) is 8.57. The monoisotopic (exact) mass is 327 g/mol. The number of unbranched alkanes of at least 4 members (excludes halogenated alkanes) is 3. The zero-order valence-corrected chi connectivity index (χ0v) is 14.1. The highest BCUT2D eigenvalue weighted by atomic mass is 16.7. The van der Waals surface area contributed by atoms with E-state index in [9.17, 15) is 4.79 Å². The van der Waals surface area contributed by atoms with E-state index in [1.807, 2.05) is 29.2 Å². The van der Waals surface area contributed by atoms with E-state index in [4.69, 9.17) is 9.47 Å². The fraction of sp³-hybridized carbons (Fsp3) is 0.450. The van der Waals surface area contributed by atoms with Crippen LogP contribution >= 0.6 is 0 Å². The van der Waals surface area contributed by atoms with Gasteiger partial charge in [-0.3, -0.25) is 4.79 Å². The predicted octanol–water partition coefficient (Wildman–Crippen LogP) is 4.17. The van der Waals surface area contributed by atoms with Gasteiger partial charge >= 0.3 is 0 Å². The minimum absolute atomic E-state index is 0.176. The van der Waals surface area contributed by atoms with Crippen LogP contribution in [0.5, 0.6) is 11.5 Å². The van der Waals surface area contributed by atoms with Crippen molar-refractivity contribution < 1.29 is 14.3 Å². The molecule has 0 unspecified atom stereocenters. The lowest BCUT2D eigenvalue weighted by atomic mass is 10.1. The number of carbonyl (C=O) groups excluding carboxylic acids is 1. The molecule has 1 amide bonds. The Morgan fingerprint density at radius 3 is 2.62 bits per heavy atom. The molecule has 1 saturated heterocycles. The molecule has 2 heterocycles. The molecule has 1 aromatic carbocycles. The van der Waals surface area contributed by atoms with Gasteiger partial charge < -0.3 is 14.4 Å². The number of rotatable bonds is 7. The number of hydrogen-bond acceptors (Lipinski definition) is 3. The summed E-state index contributed by atoms with van der Waals surface area (Å²) in [6.45, 7) is 2.16. The highest BCUT2D eigenvalue weighted by Gasteiger charge is 2.14. The molecule has 2 aliphatic rings. The molecule has 0 aromatic heterocycles. The number of allylic oxidation sites excluding steroid dienone is 2. The fourth-order valence-electron chi connectivity index (χ4n) is 2.99. The summed E-state index contributed by atoms with van der Waals surface area (Å²) >= 11 is 0. The maximum atomic E-state index is 11.8. The Morgan fingerprint density at radius 1 is 1.04 bits per heavy atom. The van der Waals surface area contributed by atoms with Crippen molar-refractivity contribution >= 4 is 12.0 Å². The van der Waals surface area contributed by atoms with E-state index in [2.05, 4.69) is 12.2 Å². The Balaban J connectivity index is 1.30. The van der Waals surface area contributed by atoms with Crippen LogP contribution in [0.2, 0.25) is 0 Å². The molecule has 0 atom stereocenters. The zero-order valence-electron chi connectivity index (χ0n) is 14.1. The van der Waals surface area contributed by atoms with Crippen LogP contribution in [-0.2, 0) is 4.79 Å². The van der Waals surface area contributed by atoms with Gasteiger partial charge in [0.25, 0.3) is 0 Å². The minimum Gasteiger partial charge on any atom is -0.454 e. The third-order valence-corrected chi connectivity index (χ3v) is 4.38. The molecule has 4 heteroatoms. The molecule has 1 fully saturated rings. The largest absolute Gasteiger partial charge is 0.454 e. The van der Waals surface area contributed by atoms with Gasteiger partial charge in [-0.25, -0.2) is 0 Å². The van der Waals surface area contributed by atoms with Crippen molar-refractivity contribution in [2.45, 2.75) is 38.5 Å². The minimum atomic E-state index is 0.176. The molecule has 0 radical (unpaired) electrons. The summed E-state index contributed by atoms with van der Waals surface area (Å²) in [5.74, 6) is 1.82. The average Bonchev–Trinajstić information content (AvgIpc) is 3.28. The second-order valence-electron chi connectivity index (χ2n) is 6.23. The normalized spacial score (nSPS) is 16.6. The van der Waals surface area contributed by atoms with Crippen LogP contribution in [0, 0.1) is 0 Å². The van der Waals surface area contributed by atoms with Gasteiger partial charge in [-0.15, -0.1) is 0 Å². The number of carbonyl (C=O) groups is 1. The molecule has 0 spiro atoms. The van der Waals surface area contributed by atoms with Crippen LogP contribution in [-0.4, -0.2) is 30.7 Å². The summed E-state index contributed by atoms with van der Waals surface area (Å²) in [6, 6.07) is 5.99. The second-order valence-corrected chi connectivity index (χ2v) is 6.23. The Bertz CT molecular complexity index is 615. The third-order valence-electron chi connectivity index (χ3n) is 4.38. The van der Waals surface area contributed by atoms with Crippen LogP contribution in [0.3, 0.4) is 0 Å². The summed E-state index contributed by atoms with van der Waals surface area (Å²) in [7, 11) is 0. The quantitative estimate of drug-likeness (QED) is 0.557. The number of fused-ring (bicyclic) bond motifs is 1. The van der Waals surface area contributed by atoms with Gasteiger partial charge in [0.1, 0.15) is 0 Å². The number of likely N-dealkylation sites (tertiary alicyclic amines) is 1. The molecule has 0 bridgehead atoms. The van der Waals surface area contributed by atoms with E-state index in [1.165, 1.54) is 0 Å². The molecule has 128 valence electrons. The summed E-state index contributed by atoms with van der Waals surface area (Å²) in [5.41, 5.74) is 1.13. The van der Waals surface area contributed by atoms with Gasteiger partial charge in [-0.1, -0.05) is 24.3 Å². The van der Waals surface area contributed by atoms with E-state index in [1.54, 1.807) is 6.08 Å². The number of ether oxygens (including phenoxy) is 2. The number of nitrogens with zero attached hydrogens (tertiary/aromatic N) is 1. The lowest BCUT2D eigenvalue weighted by Crippen LogP contribution is -2.25. The molecule has 1 aromatic rings. The smallest absolute Gasteiger partial charge is 0.246 e. The van der Waals surface area contributed by atoms with Crippen LogP contribution in [0.1, 0.15) is 44.1 Å². The molecule has 0 N–H and O–H groups in total. The van der Waals surface area contributed by atoms with E-state index in [0.717, 1.165) is 68.7 Å². The first-order chi connectivity index (χ1) is 11.8. The summed E-state index contributed by atoms with van der Waals surface area (Å²) in [5, 5.41) is 0. The lowest BCUT2D eigenvalue weighted by Gasteiger charge is -2.11. The summed E-state index contributed by atoms with van der Waals surface area (Å²) < 4.78 is 10.7. The number of amides is 1. The Morgan fingerprint density at radius 2 is 1.79 bits per heavy atom. The molecule has 0 aliphatic carbocycles. The molecule has 0 saturated carbocycles. The van der Waals surface area contributed by atoms with Gasteiger partial charge in [-0.05, 0) is 62.3 Å². The van der Waals surface area contributed by atoms with Crippen molar-refractivity contribution in [1.29, 1.82) is 0 Å². The fourth-order valence-corrected chi connectivity index (χ4v) is 2.99. The van der Waals surface area contributed by atoms with Crippen LogP contribution < -0.4 is 9.47 Å². The Labute approximate surface area is 143 Å². The molecular formula is C20H25NO3. The topological polar surface area (TPSA) is 38.8 Å². The van der Waals surface area contributed by atoms with Crippen molar-refractivity contribution in [1.82, 2.24) is 4.90 Å². The van der Waals surface area contributed by atoms with Gasteiger partial charge in [0.05, 0.1) is 0 Å². The van der Waals surface area contributed by atoms with Crippen LogP contribution in [0.25, 0.3) is 6.08 Å². The standard InChI is InChI=1S/C20H25NO3/c22-20(21-13-7-8-14-21)10-6-4-2-1-3-5-9-17-11-12-18-19(15-17)24-16-23-18/h5-6,9-12,15H,1-4,7-8,13-14,16H2/b9-5-,10-6+. The highest BCUT2D eigenvalue weighted by molar-refractivity contribution is 5.87. The van der Waals surface area contributed by atoms with E-state index in [-0.39, 0.29) is 5.91 Å². The van der Waals surface area contributed by atoms with E-state index in [0.29, 0.717) is 6.79 Å². The molecule has 3 rings (SSSR count). The van der Waals surface area contributed by atoms with Gasteiger partial charge in [0.15, 0.2) is 11.5 Å². The predicted molar refractivity (Wildman–Crippen MR) is 95.0 cm³/mol. The van der Waals surface area contributed by atoms with Crippen LogP contribution in [0.4, 0.5) is 0 Å². The van der Waals surface area contributed by atoms with Crippen LogP contribution in [0.15, 0.2) is 36.4 Å². The first-order valence-electron chi connectivity index (χ1n) is 8.84. The number of hydrogen-bond donors (Lipinski definition) is 0. The maximum Gasteiger partial charge on any atom is 0.246 e. The first-order valence-corrected chi connectivity index (χ1v) is 8.84. The summed E-state index contributed by atoms with van der Waals surface area (Å²) in [6.07, 6.45) is 14.6. The summed E-state index contributed by atoms with van der Waals surface area (Å²) in [4.78, 5) is 13.8. The Kier molecular flexibility index (Phi) is 5.94. The van der Waals surface area contributed by atoms with Crippen molar-refractivity contribution in [2.75, 3.05) is 19.9 Å². The molecule has 2 aliphatic heterocycles. The number of benzene rings is 1. The van der Waals surface area contributed by atoms with Crippen molar-refractivity contribution in [2.24, 2.45) is 0 Å². The average molecular weight is 327 g/mol. The molecular weight excluding hydrogens is 302 g/mol. The van der Waals surface area contributed by atoms with E-state index < -0.39 is 0 Å². The van der Waals surface area contributed by atoms with Gasteiger partial charge in [0.2, 0.25) is 12.7 Å².